The third-order valence-electron chi connectivity index (χ3n) is 2.91. The van der Waals surface area contributed by atoms with Crippen LogP contribution in [0.1, 0.15) is 33.3 Å². The van der Waals surface area contributed by atoms with Gasteiger partial charge in [0.25, 0.3) is 0 Å². The van der Waals surface area contributed by atoms with E-state index in [0.717, 1.165) is 23.8 Å². The molecule has 23 heavy (non-hydrogen) atoms. The smallest absolute Gasteiger partial charge is 0.191 e. The molecule has 0 bridgehead atoms. The maximum absolute atomic E-state index is 4.62. The van der Waals surface area contributed by atoms with E-state index in [9.17, 15) is 0 Å². The van der Waals surface area contributed by atoms with Crippen LogP contribution in [0, 0.1) is 0 Å². The normalized spacial score (nSPS) is 11.7. The minimum absolute atomic E-state index is 0. The van der Waals surface area contributed by atoms with Gasteiger partial charge in [-0.15, -0.1) is 24.0 Å². The van der Waals surface area contributed by atoms with Crippen molar-refractivity contribution < 1.29 is 0 Å². The van der Waals surface area contributed by atoms with Gasteiger partial charge in [-0.1, -0.05) is 18.2 Å². The van der Waals surface area contributed by atoms with Gasteiger partial charge in [-0.05, 0) is 39.8 Å². The molecule has 0 aliphatic carbocycles. The van der Waals surface area contributed by atoms with E-state index in [2.05, 4.69) is 48.4 Å². The molecule has 0 saturated heterocycles. The molecular formula is C17H26IN5. The van der Waals surface area contributed by atoms with E-state index in [0.29, 0.717) is 6.54 Å². The Kier molecular flexibility index (Phi) is 7.54. The second-order valence-corrected chi connectivity index (χ2v) is 6.20. The molecule has 2 N–H and O–H groups in total. The van der Waals surface area contributed by atoms with Crippen molar-refractivity contribution in [3.8, 4) is 5.69 Å². The third-order valence-corrected chi connectivity index (χ3v) is 2.91. The highest BCUT2D eigenvalue weighted by molar-refractivity contribution is 14.0. The highest BCUT2D eigenvalue weighted by Gasteiger charge is 2.11. The van der Waals surface area contributed by atoms with Gasteiger partial charge in [0.05, 0.1) is 18.4 Å². The number of aromatic nitrogens is 2. The van der Waals surface area contributed by atoms with E-state index in [1.807, 2.05) is 47.4 Å². The molecule has 0 fully saturated rings. The Bertz CT molecular complexity index is 613. The number of rotatable bonds is 4. The Labute approximate surface area is 155 Å². The lowest BCUT2D eigenvalue weighted by Crippen LogP contribution is -2.47. The third kappa shape index (κ3) is 6.60. The zero-order valence-corrected chi connectivity index (χ0v) is 16.5. The van der Waals surface area contributed by atoms with E-state index < -0.39 is 0 Å². The monoisotopic (exact) mass is 427 g/mol. The van der Waals surface area contributed by atoms with Gasteiger partial charge < -0.3 is 10.6 Å². The minimum atomic E-state index is -0.0186. The Morgan fingerprint density at radius 2 is 1.91 bits per heavy atom. The van der Waals surface area contributed by atoms with Crippen molar-refractivity contribution in [1.29, 1.82) is 0 Å². The molecule has 0 spiro atoms. The number of benzene rings is 1. The minimum Gasteiger partial charge on any atom is -0.357 e. The first-order valence-electron chi connectivity index (χ1n) is 7.63. The van der Waals surface area contributed by atoms with E-state index in [1.54, 1.807) is 0 Å². The van der Waals surface area contributed by atoms with Crippen LogP contribution in [-0.2, 0) is 6.54 Å². The maximum atomic E-state index is 4.62. The molecule has 0 unspecified atom stereocenters. The number of guanidine groups is 1. The lowest BCUT2D eigenvalue weighted by Gasteiger charge is -2.23. The summed E-state index contributed by atoms with van der Waals surface area (Å²) in [5.41, 5.74) is 2.11. The number of nitrogens with zero attached hydrogens (tertiary/aromatic N) is 3. The molecule has 2 rings (SSSR count). The van der Waals surface area contributed by atoms with Gasteiger partial charge in [0.15, 0.2) is 5.96 Å². The average molecular weight is 427 g/mol. The van der Waals surface area contributed by atoms with Crippen LogP contribution in [0.3, 0.4) is 0 Å². The zero-order valence-electron chi connectivity index (χ0n) is 14.2. The first-order valence-corrected chi connectivity index (χ1v) is 7.63. The topological polar surface area (TPSA) is 54.2 Å². The molecule has 0 amide bonds. The summed E-state index contributed by atoms with van der Waals surface area (Å²) in [5, 5.41) is 11.0. The van der Waals surface area contributed by atoms with Gasteiger partial charge in [-0.3, -0.25) is 0 Å². The SMILES string of the molecule is CCNC(=NCc1cnn(-c2ccccc2)c1)NC(C)(C)C.I. The van der Waals surface area contributed by atoms with E-state index in [1.165, 1.54) is 0 Å². The number of nitrogens with one attached hydrogen (secondary N) is 2. The van der Waals surface area contributed by atoms with E-state index >= 15 is 0 Å². The van der Waals surface area contributed by atoms with Crippen LogP contribution in [-0.4, -0.2) is 27.8 Å². The van der Waals surface area contributed by atoms with Crippen LogP contribution in [0.5, 0.6) is 0 Å². The summed E-state index contributed by atoms with van der Waals surface area (Å²) < 4.78 is 1.87. The highest BCUT2D eigenvalue weighted by atomic mass is 127. The Hall–Kier alpha value is -1.57. The second-order valence-electron chi connectivity index (χ2n) is 6.20. The van der Waals surface area contributed by atoms with Crippen molar-refractivity contribution >= 4 is 29.9 Å². The summed E-state index contributed by atoms with van der Waals surface area (Å²) in [4.78, 5) is 4.62. The van der Waals surface area contributed by atoms with Crippen LogP contribution in [0.15, 0.2) is 47.7 Å². The molecule has 0 aliphatic rings. The predicted octanol–water partition coefficient (Wildman–Crippen LogP) is 3.34. The Morgan fingerprint density at radius 3 is 2.52 bits per heavy atom. The second kappa shape index (κ2) is 8.90. The molecule has 0 saturated carbocycles. The zero-order chi connectivity index (χ0) is 16.0. The predicted molar refractivity (Wildman–Crippen MR) is 107 cm³/mol. The lowest BCUT2D eigenvalue weighted by molar-refractivity contribution is 0.501. The van der Waals surface area contributed by atoms with Crippen LogP contribution >= 0.6 is 24.0 Å². The fraction of sp³-hybridized carbons (Fsp3) is 0.412. The number of halogens is 1. The molecule has 0 aliphatic heterocycles. The molecule has 2 aromatic rings. The molecule has 1 heterocycles. The molecule has 1 aromatic heterocycles. The molecule has 1 aromatic carbocycles. The van der Waals surface area contributed by atoms with Crippen molar-refractivity contribution in [2.45, 2.75) is 39.8 Å². The van der Waals surface area contributed by atoms with E-state index in [4.69, 9.17) is 0 Å². The van der Waals surface area contributed by atoms with Crippen molar-refractivity contribution in [2.24, 2.45) is 4.99 Å². The van der Waals surface area contributed by atoms with Gasteiger partial charge in [0.2, 0.25) is 0 Å². The summed E-state index contributed by atoms with van der Waals surface area (Å²) in [7, 11) is 0. The Balaban J connectivity index is 0.00000264. The summed E-state index contributed by atoms with van der Waals surface area (Å²) in [6.45, 7) is 9.85. The van der Waals surface area contributed by atoms with Gasteiger partial charge in [0.1, 0.15) is 0 Å². The number of hydrogen-bond donors (Lipinski definition) is 2. The number of para-hydroxylation sites is 1. The summed E-state index contributed by atoms with van der Waals surface area (Å²) in [5.74, 6) is 0.822. The van der Waals surface area contributed by atoms with E-state index in [-0.39, 0.29) is 29.5 Å². The van der Waals surface area contributed by atoms with Crippen molar-refractivity contribution in [3.05, 3.63) is 48.3 Å². The quantitative estimate of drug-likeness (QED) is 0.447. The van der Waals surface area contributed by atoms with Crippen molar-refractivity contribution in [3.63, 3.8) is 0 Å². The molecule has 0 radical (unpaired) electrons. The first kappa shape index (κ1) is 19.5. The van der Waals surface area contributed by atoms with Crippen molar-refractivity contribution in [1.82, 2.24) is 20.4 Å². The van der Waals surface area contributed by atoms with Gasteiger partial charge in [-0.25, -0.2) is 9.67 Å². The average Bonchev–Trinajstić information content (AvgIpc) is 2.93. The summed E-state index contributed by atoms with van der Waals surface area (Å²) >= 11 is 0. The summed E-state index contributed by atoms with van der Waals surface area (Å²) in [6, 6.07) is 10.1. The molecular weight excluding hydrogens is 401 g/mol. The van der Waals surface area contributed by atoms with Crippen LogP contribution in [0.2, 0.25) is 0 Å². The molecule has 0 atom stereocenters. The standard InChI is InChI=1S/C17H25N5.HI/c1-5-18-16(21-17(2,3)4)19-11-14-12-20-22(13-14)15-9-7-6-8-10-15;/h6-10,12-13H,5,11H2,1-4H3,(H2,18,19,21);1H. The van der Waals surface area contributed by atoms with Crippen molar-refractivity contribution in [2.75, 3.05) is 6.54 Å². The maximum Gasteiger partial charge on any atom is 0.191 e. The van der Waals surface area contributed by atoms with Gasteiger partial charge >= 0.3 is 0 Å². The van der Waals surface area contributed by atoms with Crippen LogP contribution in [0.4, 0.5) is 0 Å². The van der Waals surface area contributed by atoms with Crippen LogP contribution < -0.4 is 10.6 Å². The summed E-state index contributed by atoms with van der Waals surface area (Å²) in [6.07, 6.45) is 3.87. The number of aliphatic imine (C=N–C) groups is 1. The first-order chi connectivity index (χ1) is 10.5. The Morgan fingerprint density at radius 1 is 1.22 bits per heavy atom. The molecule has 6 heteroatoms. The fourth-order valence-corrected chi connectivity index (χ4v) is 2.00. The number of hydrogen-bond acceptors (Lipinski definition) is 2. The molecule has 5 nitrogen and oxygen atoms in total. The largest absolute Gasteiger partial charge is 0.357 e. The molecule has 126 valence electrons. The van der Waals surface area contributed by atoms with Gasteiger partial charge in [0, 0.05) is 23.8 Å². The van der Waals surface area contributed by atoms with Gasteiger partial charge in [-0.2, -0.15) is 5.10 Å². The lowest BCUT2D eigenvalue weighted by atomic mass is 10.1. The van der Waals surface area contributed by atoms with Crippen LogP contribution in [0.25, 0.3) is 5.69 Å². The fourth-order valence-electron chi connectivity index (χ4n) is 2.00. The highest BCUT2D eigenvalue weighted by Crippen LogP contribution is 2.08.